The van der Waals surface area contributed by atoms with Crippen LogP contribution in [-0.2, 0) is 0 Å². The molecule has 0 saturated heterocycles. The van der Waals surface area contributed by atoms with E-state index in [-0.39, 0.29) is 0 Å². The number of hydrogen-bond acceptors (Lipinski definition) is 2. The Morgan fingerprint density at radius 1 is 1.00 bits per heavy atom. The minimum absolute atomic E-state index is 0.586. The largest absolute Gasteiger partial charge is 0.495 e. The van der Waals surface area contributed by atoms with E-state index in [1.165, 1.54) is 44.9 Å². The normalized spacial score (nSPS) is 17.6. The molecule has 0 radical (unpaired) electrons. The van der Waals surface area contributed by atoms with Gasteiger partial charge >= 0.3 is 0 Å². The number of nitrogens with one attached hydrogen (secondary N) is 1. The molecule has 0 bridgehead atoms. The minimum Gasteiger partial charge on any atom is -0.495 e. The molecule has 0 aliphatic heterocycles. The van der Waals surface area contributed by atoms with Gasteiger partial charge in [-0.1, -0.05) is 32.1 Å². The molecule has 2 nitrogen and oxygen atoms in total. The van der Waals surface area contributed by atoms with Gasteiger partial charge in [-0.15, -0.1) is 0 Å². The van der Waals surface area contributed by atoms with Crippen LogP contribution in [-0.4, -0.2) is 13.2 Å². The average Bonchev–Trinajstić information content (AvgIpc) is 2.35. The topological polar surface area (TPSA) is 21.3 Å². The molecule has 19 heavy (non-hydrogen) atoms. The maximum Gasteiger partial charge on any atom is 0.135 e. The van der Waals surface area contributed by atoms with Crippen LogP contribution in [0.3, 0.4) is 0 Å². The molecule has 106 valence electrons. The van der Waals surface area contributed by atoms with Crippen LogP contribution in [0.5, 0.6) is 5.75 Å². The molecule has 0 aromatic heterocycles. The predicted octanol–water partition coefficient (Wildman–Crippen LogP) is 5.75. The molecule has 0 atom stereocenters. The van der Waals surface area contributed by atoms with E-state index >= 15 is 0 Å². The highest BCUT2D eigenvalue weighted by Gasteiger charge is 2.14. The van der Waals surface area contributed by atoms with E-state index in [4.69, 9.17) is 4.74 Å². The number of ether oxygens (including phenoxy) is 1. The van der Waals surface area contributed by atoms with Crippen LogP contribution in [0, 0.1) is 0 Å². The number of methoxy groups -OCH3 is 1. The molecule has 0 amide bonds. The quantitative estimate of drug-likeness (QED) is 0.709. The Balaban J connectivity index is 2.08. The lowest BCUT2D eigenvalue weighted by molar-refractivity contribution is 0.412. The number of benzene rings is 1. The summed E-state index contributed by atoms with van der Waals surface area (Å²) in [5.41, 5.74) is 1.13. The lowest BCUT2D eigenvalue weighted by atomic mass is 9.96. The van der Waals surface area contributed by atoms with E-state index in [2.05, 4.69) is 43.2 Å². The molecule has 1 fully saturated rings. The molecule has 0 unspecified atom stereocenters. The van der Waals surface area contributed by atoms with Crippen molar-refractivity contribution in [1.29, 1.82) is 0 Å². The fourth-order valence-corrected chi connectivity index (χ4v) is 3.89. The smallest absolute Gasteiger partial charge is 0.135 e. The number of halogens is 2. The summed E-state index contributed by atoms with van der Waals surface area (Å²) in [5.74, 6) is 0.872. The summed E-state index contributed by atoms with van der Waals surface area (Å²) in [5, 5.41) is 3.67. The predicted molar refractivity (Wildman–Crippen MR) is 88.1 cm³/mol. The zero-order valence-electron chi connectivity index (χ0n) is 11.3. The SMILES string of the molecule is COc1cc(NC2CCCCCCC2)c(Br)cc1Br. The van der Waals surface area contributed by atoms with Crippen LogP contribution in [0.4, 0.5) is 5.69 Å². The van der Waals surface area contributed by atoms with Crippen molar-refractivity contribution in [2.75, 3.05) is 12.4 Å². The van der Waals surface area contributed by atoms with E-state index in [9.17, 15) is 0 Å². The lowest BCUT2D eigenvalue weighted by Crippen LogP contribution is -2.20. The van der Waals surface area contributed by atoms with Crippen LogP contribution in [0.25, 0.3) is 0 Å². The number of rotatable bonds is 3. The first kappa shape index (κ1) is 15.2. The molecular weight excluding hydrogens is 370 g/mol. The van der Waals surface area contributed by atoms with Gasteiger partial charge in [0.15, 0.2) is 0 Å². The van der Waals surface area contributed by atoms with Crippen molar-refractivity contribution < 1.29 is 4.74 Å². The first-order chi connectivity index (χ1) is 9.20. The second-order valence-electron chi connectivity index (χ2n) is 5.15. The summed E-state index contributed by atoms with van der Waals surface area (Å²) in [7, 11) is 1.70. The first-order valence-electron chi connectivity index (χ1n) is 7.00. The zero-order chi connectivity index (χ0) is 13.7. The molecule has 4 heteroatoms. The van der Waals surface area contributed by atoms with Gasteiger partial charge < -0.3 is 10.1 Å². The van der Waals surface area contributed by atoms with Gasteiger partial charge in [0.05, 0.1) is 17.3 Å². The standard InChI is InChI=1S/C15H21Br2NO/c1-19-15-10-14(12(16)9-13(15)17)18-11-7-5-3-2-4-6-8-11/h9-11,18H,2-8H2,1H3. The van der Waals surface area contributed by atoms with Gasteiger partial charge in [0, 0.05) is 16.6 Å². The molecule has 1 aliphatic carbocycles. The van der Waals surface area contributed by atoms with Crippen molar-refractivity contribution >= 4 is 37.5 Å². The van der Waals surface area contributed by atoms with Crippen LogP contribution < -0.4 is 10.1 Å². The van der Waals surface area contributed by atoms with Crippen LogP contribution >= 0.6 is 31.9 Å². The summed E-state index contributed by atoms with van der Waals surface area (Å²) in [4.78, 5) is 0. The van der Waals surface area contributed by atoms with Gasteiger partial charge in [0.25, 0.3) is 0 Å². The fraction of sp³-hybridized carbons (Fsp3) is 0.600. The van der Waals surface area contributed by atoms with Crippen molar-refractivity contribution in [3.8, 4) is 5.75 Å². The molecule has 1 aromatic carbocycles. The highest BCUT2D eigenvalue weighted by molar-refractivity contribution is 9.11. The Hall–Kier alpha value is -0.220. The Bertz CT molecular complexity index is 415. The van der Waals surface area contributed by atoms with E-state index in [1.54, 1.807) is 7.11 Å². The summed E-state index contributed by atoms with van der Waals surface area (Å²) >= 11 is 7.13. The van der Waals surface area contributed by atoms with E-state index in [0.29, 0.717) is 6.04 Å². The molecule has 1 aliphatic rings. The molecule has 1 saturated carbocycles. The van der Waals surface area contributed by atoms with Crippen molar-refractivity contribution in [2.24, 2.45) is 0 Å². The molecule has 0 spiro atoms. The van der Waals surface area contributed by atoms with Crippen LogP contribution in [0.1, 0.15) is 44.9 Å². The minimum atomic E-state index is 0.586. The van der Waals surface area contributed by atoms with Gasteiger partial charge in [-0.2, -0.15) is 0 Å². The average molecular weight is 391 g/mol. The second kappa shape index (κ2) is 7.53. The Kier molecular flexibility index (Phi) is 6.02. The Morgan fingerprint density at radius 2 is 1.63 bits per heavy atom. The van der Waals surface area contributed by atoms with Crippen LogP contribution in [0.15, 0.2) is 21.1 Å². The van der Waals surface area contributed by atoms with E-state index < -0.39 is 0 Å². The molecule has 1 aromatic rings. The van der Waals surface area contributed by atoms with E-state index in [0.717, 1.165) is 20.4 Å². The third-order valence-electron chi connectivity index (χ3n) is 3.71. The highest BCUT2D eigenvalue weighted by Crippen LogP contribution is 2.35. The van der Waals surface area contributed by atoms with Gasteiger partial charge in [0.1, 0.15) is 5.75 Å². The summed E-state index contributed by atoms with van der Waals surface area (Å²) < 4.78 is 7.43. The molecule has 1 N–H and O–H groups in total. The summed E-state index contributed by atoms with van der Waals surface area (Å²) in [6, 6.07) is 4.69. The number of anilines is 1. The van der Waals surface area contributed by atoms with Crippen molar-refractivity contribution in [3.05, 3.63) is 21.1 Å². The second-order valence-corrected chi connectivity index (χ2v) is 6.86. The van der Waals surface area contributed by atoms with Gasteiger partial charge in [-0.25, -0.2) is 0 Å². The van der Waals surface area contributed by atoms with Crippen LogP contribution in [0.2, 0.25) is 0 Å². The highest BCUT2D eigenvalue weighted by atomic mass is 79.9. The van der Waals surface area contributed by atoms with Gasteiger partial charge in [-0.3, -0.25) is 0 Å². The third-order valence-corrected chi connectivity index (χ3v) is 4.98. The zero-order valence-corrected chi connectivity index (χ0v) is 14.5. The van der Waals surface area contributed by atoms with Crippen molar-refractivity contribution in [3.63, 3.8) is 0 Å². The Labute approximate surface area is 132 Å². The number of hydrogen-bond donors (Lipinski definition) is 1. The molecule has 0 heterocycles. The summed E-state index contributed by atoms with van der Waals surface area (Å²) in [6.45, 7) is 0. The lowest BCUT2D eigenvalue weighted by Gasteiger charge is -2.23. The van der Waals surface area contributed by atoms with E-state index in [1.807, 2.05) is 6.07 Å². The van der Waals surface area contributed by atoms with Crippen molar-refractivity contribution in [2.45, 2.75) is 51.0 Å². The Morgan fingerprint density at radius 3 is 2.26 bits per heavy atom. The first-order valence-corrected chi connectivity index (χ1v) is 8.59. The van der Waals surface area contributed by atoms with Gasteiger partial charge in [0.2, 0.25) is 0 Å². The monoisotopic (exact) mass is 389 g/mol. The summed E-state index contributed by atoms with van der Waals surface area (Å²) in [6.07, 6.45) is 9.37. The maximum atomic E-state index is 5.37. The third kappa shape index (κ3) is 4.38. The van der Waals surface area contributed by atoms with Crippen molar-refractivity contribution in [1.82, 2.24) is 0 Å². The van der Waals surface area contributed by atoms with Gasteiger partial charge in [-0.05, 0) is 50.8 Å². The maximum absolute atomic E-state index is 5.37. The molecule has 2 rings (SSSR count). The molecular formula is C15H21Br2NO. The fourth-order valence-electron chi connectivity index (χ4n) is 2.62.